The Morgan fingerprint density at radius 3 is 2.55 bits per heavy atom. The highest BCUT2D eigenvalue weighted by Gasteiger charge is 2.44. The molecule has 2 aliphatic heterocycles. The summed E-state index contributed by atoms with van der Waals surface area (Å²) < 4.78 is 0. The topological polar surface area (TPSA) is 133 Å². The Balaban J connectivity index is 1.81. The minimum atomic E-state index is -1.02. The number of carbonyl (C=O) groups is 6. The third kappa shape index (κ3) is 4.96. The molecule has 3 rings (SSSR count). The number of rotatable bonds is 7. The Hall–Kier alpha value is -3.56. The van der Waals surface area contributed by atoms with Crippen LogP contribution in [-0.4, -0.2) is 70.9 Å². The summed E-state index contributed by atoms with van der Waals surface area (Å²) in [6, 6.07) is 5.37. The molecule has 31 heavy (non-hydrogen) atoms. The van der Waals surface area contributed by atoms with Gasteiger partial charge in [0.25, 0.3) is 11.8 Å². The van der Waals surface area contributed by atoms with E-state index >= 15 is 0 Å². The van der Waals surface area contributed by atoms with E-state index in [2.05, 4.69) is 10.6 Å². The molecule has 0 bridgehead atoms. The van der Waals surface area contributed by atoms with E-state index in [0.717, 1.165) is 5.01 Å². The number of hydrogen-bond donors (Lipinski definition) is 2. The van der Waals surface area contributed by atoms with Gasteiger partial charge in [0, 0.05) is 24.9 Å². The van der Waals surface area contributed by atoms with Gasteiger partial charge in [0.15, 0.2) is 0 Å². The van der Waals surface area contributed by atoms with E-state index in [4.69, 9.17) is 0 Å². The Morgan fingerprint density at radius 1 is 1.13 bits per heavy atom. The molecule has 1 aromatic rings. The molecule has 3 atom stereocenters. The van der Waals surface area contributed by atoms with Gasteiger partial charge < -0.3 is 20.2 Å². The normalized spacial score (nSPS) is 22.1. The van der Waals surface area contributed by atoms with Crippen LogP contribution in [0.4, 0.5) is 0 Å². The minimum absolute atomic E-state index is 0.0401. The van der Waals surface area contributed by atoms with Crippen molar-refractivity contribution in [1.82, 2.24) is 20.7 Å². The summed E-state index contributed by atoms with van der Waals surface area (Å²) >= 11 is 0. The smallest absolute Gasteiger partial charge is 0.264 e. The minimum Gasteiger partial charge on any atom is -0.344 e. The average molecular weight is 428 g/mol. The van der Waals surface area contributed by atoms with Crippen molar-refractivity contribution in [3.63, 3.8) is 0 Å². The number of hydrogen-bond acceptors (Lipinski definition) is 6. The number of hydrazine groups is 1. The van der Waals surface area contributed by atoms with Crippen molar-refractivity contribution in [2.45, 2.75) is 50.2 Å². The molecule has 10 heteroatoms. The van der Waals surface area contributed by atoms with Crippen molar-refractivity contribution < 1.29 is 28.8 Å². The number of amides is 4. The number of aldehydes is 2. The van der Waals surface area contributed by atoms with Crippen LogP contribution in [0.5, 0.6) is 0 Å². The van der Waals surface area contributed by atoms with Crippen molar-refractivity contribution in [1.29, 1.82) is 0 Å². The molecule has 2 heterocycles. The van der Waals surface area contributed by atoms with Crippen molar-refractivity contribution in [2.75, 3.05) is 6.54 Å². The molecular weight excluding hydrogens is 404 g/mol. The lowest BCUT2D eigenvalue weighted by atomic mass is 10.0. The second-order valence-electron chi connectivity index (χ2n) is 7.44. The zero-order valence-electron chi connectivity index (χ0n) is 16.9. The molecule has 164 valence electrons. The second kappa shape index (κ2) is 9.96. The number of nitrogens with one attached hydrogen (secondary N) is 2. The molecule has 0 aliphatic carbocycles. The van der Waals surface area contributed by atoms with Crippen LogP contribution >= 0.6 is 0 Å². The number of benzene rings is 1. The SMILES string of the molecule is O=CC[C@@H](C=O)NC(=O)[C@@H]1CCCN2C(=O)CCC(NC(=O)c3ccccc3)C(=O)N12. The summed E-state index contributed by atoms with van der Waals surface area (Å²) in [4.78, 5) is 73.1. The van der Waals surface area contributed by atoms with Gasteiger partial charge in [-0.15, -0.1) is 0 Å². The Morgan fingerprint density at radius 2 is 1.87 bits per heavy atom. The second-order valence-corrected chi connectivity index (χ2v) is 7.44. The predicted molar refractivity (Wildman–Crippen MR) is 107 cm³/mol. The molecule has 0 spiro atoms. The van der Waals surface area contributed by atoms with Gasteiger partial charge in [0.1, 0.15) is 24.7 Å². The summed E-state index contributed by atoms with van der Waals surface area (Å²) in [6.07, 6.45) is 1.71. The zero-order chi connectivity index (χ0) is 22.4. The zero-order valence-corrected chi connectivity index (χ0v) is 16.9. The molecule has 10 nitrogen and oxygen atoms in total. The maximum absolute atomic E-state index is 13.3. The highest BCUT2D eigenvalue weighted by molar-refractivity contribution is 5.99. The van der Waals surface area contributed by atoms with Crippen molar-refractivity contribution in [3.8, 4) is 0 Å². The highest BCUT2D eigenvalue weighted by Crippen LogP contribution is 2.25. The summed E-state index contributed by atoms with van der Waals surface area (Å²) in [7, 11) is 0. The number of nitrogens with zero attached hydrogens (tertiary/aromatic N) is 2. The van der Waals surface area contributed by atoms with Crippen molar-refractivity contribution in [3.05, 3.63) is 35.9 Å². The molecule has 1 aromatic carbocycles. The van der Waals surface area contributed by atoms with Gasteiger partial charge in [0.2, 0.25) is 11.8 Å². The van der Waals surface area contributed by atoms with E-state index in [-0.39, 0.29) is 38.1 Å². The van der Waals surface area contributed by atoms with Crippen LogP contribution in [0, 0.1) is 0 Å². The lowest BCUT2D eigenvalue weighted by Crippen LogP contribution is -2.64. The van der Waals surface area contributed by atoms with Gasteiger partial charge in [-0.2, -0.15) is 0 Å². The fourth-order valence-electron chi connectivity index (χ4n) is 3.77. The van der Waals surface area contributed by atoms with Crippen LogP contribution in [0.2, 0.25) is 0 Å². The van der Waals surface area contributed by atoms with E-state index < -0.39 is 35.8 Å². The number of carbonyl (C=O) groups excluding carboxylic acids is 6. The fraction of sp³-hybridized carbons (Fsp3) is 0.429. The molecule has 1 unspecified atom stereocenters. The van der Waals surface area contributed by atoms with Gasteiger partial charge >= 0.3 is 0 Å². The first-order valence-electron chi connectivity index (χ1n) is 10.1. The fourth-order valence-corrected chi connectivity index (χ4v) is 3.77. The van der Waals surface area contributed by atoms with Gasteiger partial charge in [-0.1, -0.05) is 18.2 Å². The van der Waals surface area contributed by atoms with Crippen LogP contribution in [0.3, 0.4) is 0 Å². The van der Waals surface area contributed by atoms with E-state index in [9.17, 15) is 28.8 Å². The molecule has 2 N–H and O–H groups in total. The van der Waals surface area contributed by atoms with Crippen molar-refractivity contribution in [2.24, 2.45) is 0 Å². The molecular formula is C21H24N4O6. The van der Waals surface area contributed by atoms with Crippen LogP contribution in [-0.2, 0) is 24.0 Å². The molecule has 0 radical (unpaired) electrons. The monoisotopic (exact) mass is 428 g/mol. The van der Waals surface area contributed by atoms with E-state index in [1.165, 1.54) is 5.01 Å². The summed E-state index contributed by atoms with van der Waals surface area (Å²) in [5, 5.41) is 7.47. The van der Waals surface area contributed by atoms with Crippen LogP contribution in [0.25, 0.3) is 0 Å². The molecule has 2 fully saturated rings. The van der Waals surface area contributed by atoms with Gasteiger partial charge in [-0.25, -0.2) is 5.01 Å². The molecule has 0 saturated carbocycles. The van der Waals surface area contributed by atoms with Crippen molar-refractivity contribution >= 4 is 36.2 Å². The Labute approximate surface area is 178 Å². The van der Waals surface area contributed by atoms with Gasteiger partial charge in [0.05, 0.1) is 6.04 Å². The maximum Gasteiger partial charge on any atom is 0.264 e. The Bertz CT molecular complexity index is 874. The summed E-state index contributed by atoms with van der Waals surface area (Å²) in [5.41, 5.74) is 0.373. The third-order valence-corrected chi connectivity index (χ3v) is 5.35. The Kier molecular flexibility index (Phi) is 7.11. The quantitative estimate of drug-likeness (QED) is 0.567. The average Bonchev–Trinajstić information content (AvgIpc) is 2.91. The first kappa shape index (κ1) is 22.1. The first-order chi connectivity index (χ1) is 15.0. The summed E-state index contributed by atoms with van der Waals surface area (Å²) in [6.45, 7) is 0.277. The molecule has 2 aliphatic rings. The van der Waals surface area contributed by atoms with Gasteiger partial charge in [-0.05, 0) is 31.4 Å². The molecule has 2 saturated heterocycles. The predicted octanol–water partition coefficient (Wildman–Crippen LogP) is -0.414. The first-order valence-corrected chi connectivity index (χ1v) is 10.1. The highest BCUT2D eigenvalue weighted by atomic mass is 16.2. The standard InChI is InChI=1S/C21H24N4O6/c26-12-10-15(13-27)22-20(30)17-7-4-11-24-18(28)9-8-16(21(31)25(17)24)23-19(29)14-5-2-1-3-6-14/h1-3,5-6,12-13,15-17H,4,7-11H2,(H,22,30)(H,23,29)/t15-,16?,17-/m0/s1. The third-order valence-electron chi connectivity index (χ3n) is 5.35. The van der Waals surface area contributed by atoms with E-state index in [0.29, 0.717) is 24.6 Å². The molecule has 0 aromatic heterocycles. The van der Waals surface area contributed by atoms with Gasteiger partial charge in [-0.3, -0.25) is 24.2 Å². The van der Waals surface area contributed by atoms with Crippen LogP contribution < -0.4 is 10.6 Å². The summed E-state index contributed by atoms with van der Waals surface area (Å²) in [5.74, 6) is -1.96. The van der Waals surface area contributed by atoms with E-state index in [1.54, 1.807) is 30.3 Å². The van der Waals surface area contributed by atoms with E-state index in [1.807, 2.05) is 0 Å². The largest absolute Gasteiger partial charge is 0.344 e. The molecule has 4 amide bonds. The van der Waals surface area contributed by atoms with Crippen LogP contribution in [0.15, 0.2) is 30.3 Å². The number of fused-ring (bicyclic) bond motifs is 1. The lowest BCUT2D eigenvalue weighted by molar-refractivity contribution is -0.176. The lowest BCUT2D eigenvalue weighted by Gasteiger charge is -2.43. The maximum atomic E-state index is 13.3. The van der Waals surface area contributed by atoms with Crippen LogP contribution in [0.1, 0.15) is 42.5 Å².